The summed E-state index contributed by atoms with van der Waals surface area (Å²) in [4.78, 5) is 26.1. The summed E-state index contributed by atoms with van der Waals surface area (Å²) in [6, 6.07) is 5.78. The molecule has 1 atom stereocenters. The highest BCUT2D eigenvalue weighted by Gasteiger charge is 2.36. The van der Waals surface area contributed by atoms with E-state index in [4.69, 9.17) is 9.72 Å². The van der Waals surface area contributed by atoms with Crippen LogP contribution in [0.5, 0.6) is 5.88 Å². The van der Waals surface area contributed by atoms with Gasteiger partial charge in [-0.1, -0.05) is 18.2 Å². The van der Waals surface area contributed by atoms with Crippen LogP contribution < -0.4 is 14.5 Å². The number of aliphatic hydroxyl groups excluding tert-OH is 1. The molecule has 5 heterocycles. The minimum Gasteiger partial charge on any atom is -0.480 e. The maximum Gasteiger partial charge on any atom is 0.434 e. The second-order valence-electron chi connectivity index (χ2n) is 11.0. The third-order valence-corrected chi connectivity index (χ3v) is 8.18. The maximum atomic E-state index is 13.4. The van der Waals surface area contributed by atoms with E-state index >= 15 is 0 Å². The molecule has 2 aliphatic heterocycles. The second kappa shape index (κ2) is 9.93. The number of rotatable bonds is 5. The predicted molar refractivity (Wildman–Crippen MR) is 148 cm³/mol. The van der Waals surface area contributed by atoms with Gasteiger partial charge in [-0.15, -0.1) is 0 Å². The number of ether oxygens (including phenoxy) is 1. The SMILES string of the molecule is COc1ncnc(C2CC2)c1-c1ncc2c(n1)N(Cc1ccc3c(c1)CCCn1cc(C(F)(F)F)nc1-3)CC(O)N2C. The van der Waals surface area contributed by atoms with Crippen LogP contribution in [0.1, 0.15) is 47.7 Å². The predicted octanol–water partition coefficient (Wildman–Crippen LogP) is 4.42. The van der Waals surface area contributed by atoms with Crippen LogP contribution in [0.25, 0.3) is 22.8 Å². The van der Waals surface area contributed by atoms with E-state index in [1.54, 1.807) is 29.8 Å². The number of hydrogen-bond acceptors (Lipinski definition) is 9. The summed E-state index contributed by atoms with van der Waals surface area (Å²) in [7, 11) is 3.36. The zero-order valence-electron chi connectivity index (χ0n) is 23.1. The van der Waals surface area contributed by atoms with Crippen LogP contribution in [-0.2, 0) is 25.7 Å². The molecule has 42 heavy (non-hydrogen) atoms. The smallest absolute Gasteiger partial charge is 0.434 e. The van der Waals surface area contributed by atoms with E-state index in [0.29, 0.717) is 72.1 Å². The van der Waals surface area contributed by atoms with Gasteiger partial charge in [-0.05, 0) is 36.8 Å². The molecule has 0 spiro atoms. The Hall–Kier alpha value is -4.26. The van der Waals surface area contributed by atoms with Crippen molar-refractivity contribution in [1.29, 1.82) is 0 Å². The van der Waals surface area contributed by atoms with Crippen molar-refractivity contribution in [2.45, 2.75) is 57.1 Å². The number of benzene rings is 1. The van der Waals surface area contributed by atoms with Gasteiger partial charge in [0.1, 0.15) is 29.6 Å². The van der Waals surface area contributed by atoms with E-state index in [2.05, 4.69) is 19.9 Å². The van der Waals surface area contributed by atoms with Gasteiger partial charge in [0.2, 0.25) is 5.88 Å². The third-order valence-electron chi connectivity index (χ3n) is 8.18. The third kappa shape index (κ3) is 4.61. The molecule has 0 radical (unpaired) electrons. The van der Waals surface area contributed by atoms with Gasteiger partial charge in [0.25, 0.3) is 0 Å². The van der Waals surface area contributed by atoms with Crippen molar-refractivity contribution in [3.8, 4) is 28.7 Å². The molecule has 10 nitrogen and oxygen atoms in total. The van der Waals surface area contributed by atoms with E-state index in [9.17, 15) is 18.3 Å². The monoisotopic (exact) mass is 578 g/mol. The number of β-amino-alcohol motifs (C(OH)–C–C–N with tert-alkyl or cyclic N) is 1. The number of imidazole rings is 1. The molecule has 1 fully saturated rings. The number of halogens is 3. The minimum absolute atomic E-state index is 0.300. The first-order valence-corrected chi connectivity index (χ1v) is 13.9. The number of alkyl halides is 3. The van der Waals surface area contributed by atoms with Crippen molar-refractivity contribution >= 4 is 11.5 Å². The van der Waals surface area contributed by atoms with Crippen LogP contribution in [0.3, 0.4) is 0 Å². The average Bonchev–Trinajstić information content (AvgIpc) is 3.76. The van der Waals surface area contributed by atoms with Gasteiger partial charge in [-0.3, -0.25) is 0 Å². The molecule has 3 aliphatic rings. The van der Waals surface area contributed by atoms with E-state index in [1.807, 2.05) is 23.1 Å². The number of hydrogen-bond donors (Lipinski definition) is 1. The number of aromatic nitrogens is 6. The van der Waals surface area contributed by atoms with Crippen LogP contribution in [0.15, 0.2) is 36.9 Å². The Kier molecular flexibility index (Phi) is 6.30. The van der Waals surface area contributed by atoms with E-state index in [1.165, 1.54) is 6.33 Å². The van der Waals surface area contributed by atoms with Crippen molar-refractivity contribution in [1.82, 2.24) is 29.5 Å². The zero-order valence-corrected chi connectivity index (χ0v) is 23.1. The van der Waals surface area contributed by atoms with Gasteiger partial charge in [0, 0.05) is 37.8 Å². The average molecular weight is 579 g/mol. The first-order valence-electron chi connectivity index (χ1n) is 13.9. The zero-order chi connectivity index (χ0) is 29.2. The Bertz CT molecular complexity index is 1670. The Morgan fingerprint density at radius 3 is 2.71 bits per heavy atom. The van der Waals surface area contributed by atoms with Crippen molar-refractivity contribution in [2.24, 2.45) is 0 Å². The summed E-state index contributed by atoms with van der Waals surface area (Å²) in [5.41, 5.74) is 3.96. The fourth-order valence-electron chi connectivity index (χ4n) is 5.86. The first-order chi connectivity index (χ1) is 20.2. The molecule has 0 amide bonds. The normalized spacial score (nSPS) is 18.3. The molecule has 1 saturated carbocycles. The lowest BCUT2D eigenvalue weighted by atomic mass is 10.00. The lowest BCUT2D eigenvalue weighted by Crippen LogP contribution is -2.47. The first kappa shape index (κ1) is 26.6. The topological polar surface area (TPSA) is 105 Å². The van der Waals surface area contributed by atoms with Crippen LogP contribution in [0, 0.1) is 0 Å². The molecule has 3 aromatic heterocycles. The summed E-state index contributed by atoms with van der Waals surface area (Å²) >= 11 is 0. The number of fused-ring (bicyclic) bond motifs is 4. The highest BCUT2D eigenvalue weighted by Crippen LogP contribution is 2.46. The Labute approximate surface area is 239 Å². The Morgan fingerprint density at radius 2 is 1.95 bits per heavy atom. The van der Waals surface area contributed by atoms with Crippen LogP contribution in [0.2, 0.25) is 0 Å². The molecular formula is C29H29F3N8O2. The van der Waals surface area contributed by atoms with Gasteiger partial charge in [-0.2, -0.15) is 13.2 Å². The highest BCUT2D eigenvalue weighted by molar-refractivity contribution is 5.74. The van der Waals surface area contributed by atoms with Crippen molar-refractivity contribution in [2.75, 3.05) is 30.5 Å². The quantitative estimate of drug-likeness (QED) is 0.368. The molecule has 1 unspecified atom stereocenters. The van der Waals surface area contributed by atoms with E-state index < -0.39 is 18.1 Å². The summed E-state index contributed by atoms with van der Waals surface area (Å²) in [5, 5.41) is 10.9. The molecule has 0 bridgehead atoms. The van der Waals surface area contributed by atoms with E-state index in [-0.39, 0.29) is 0 Å². The summed E-state index contributed by atoms with van der Waals surface area (Å²) < 4.78 is 47.3. The molecule has 1 aromatic carbocycles. The molecule has 1 aliphatic carbocycles. The minimum atomic E-state index is -4.50. The van der Waals surface area contributed by atoms with Crippen LogP contribution >= 0.6 is 0 Å². The molecule has 13 heteroatoms. The molecule has 218 valence electrons. The Balaban J connectivity index is 1.25. The standard InChI is InChI=1S/C29H29F3N8O2/c1-38-20-11-33-25(23-24(17-6-7-17)34-15-35-28(23)42-2)37-27(20)40(14-22(38)41)12-16-5-8-19-18(10-16)4-3-9-39-13-21(29(30,31)32)36-26(19)39/h5,8,10-11,13,15,17,22,41H,3-4,6-7,9,12,14H2,1-2H3. The summed E-state index contributed by atoms with van der Waals surface area (Å²) in [6.45, 7) is 1.20. The Morgan fingerprint density at radius 1 is 1.12 bits per heavy atom. The van der Waals surface area contributed by atoms with Crippen molar-refractivity contribution < 1.29 is 23.0 Å². The fourth-order valence-corrected chi connectivity index (χ4v) is 5.86. The fraction of sp³-hybridized carbons (Fsp3) is 0.414. The number of methoxy groups -OCH3 is 1. The molecule has 1 N–H and O–H groups in total. The number of aliphatic hydroxyl groups is 1. The summed E-state index contributed by atoms with van der Waals surface area (Å²) in [6.07, 6.45) is 2.52. The van der Waals surface area contributed by atoms with Crippen molar-refractivity contribution in [3.63, 3.8) is 0 Å². The number of aryl methyl sites for hydroxylation is 2. The van der Waals surface area contributed by atoms with Gasteiger partial charge in [-0.25, -0.2) is 24.9 Å². The maximum absolute atomic E-state index is 13.4. The summed E-state index contributed by atoms with van der Waals surface area (Å²) in [5.74, 6) is 2.18. The molecule has 7 rings (SSSR count). The number of anilines is 2. The molecule has 4 aromatic rings. The second-order valence-corrected chi connectivity index (χ2v) is 11.0. The van der Waals surface area contributed by atoms with Crippen molar-refractivity contribution in [3.05, 3.63) is 59.4 Å². The molecular weight excluding hydrogens is 549 g/mol. The van der Waals surface area contributed by atoms with Gasteiger partial charge >= 0.3 is 6.18 Å². The molecule has 0 saturated heterocycles. The van der Waals surface area contributed by atoms with E-state index in [0.717, 1.165) is 42.3 Å². The van der Waals surface area contributed by atoms with Gasteiger partial charge < -0.3 is 24.2 Å². The van der Waals surface area contributed by atoms with Crippen LogP contribution in [0.4, 0.5) is 24.7 Å². The van der Waals surface area contributed by atoms with Gasteiger partial charge in [0.15, 0.2) is 17.3 Å². The lowest BCUT2D eigenvalue weighted by molar-refractivity contribution is -0.140. The number of nitrogens with zero attached hydrogens (tertiary/aromatic N) is 8. The largest absolute Gasteiger partial charge is 0.480 e. The highest BCUT2D eigenvalue weighted by atomic mass is 19.4. The van der Waals surface area contributed by atoms with Gasteiger partial charge in [0.05, 0.1) is 25.5 Å². The number of likely N-dealkylation sites (N-methyl/N-ethyl adjacent to an activating group) is 1. The van der Waals surface area contributed by atoms with Crippen LogP contribution in [-0.4, -0.2) is 61.5 Å². The lowest BCUT2D eigenvalue weighted by Gasteiger charge is -2.39.